The van der Waals surface area contributed by atoms with Crippen molar-refractivity contribution in [3.63, 3.8) is 0 Å². The number of carbonyl (C=O) groups is 2. The van der Waals surface area contributed by atoms with Gasteiger partial charge in [0.2, 0.25) is 0 Å². The summed E-state index contributed by atoms with van der Waals surface area (Å²) in [6, 6.07) is 5.31. The summed E-state index contributed by atoms with van der Waals surface area (Å²) in [7, 11) is 0. The molecular formula is C23H13F9N2O4. The van der Waals surface area contributed by atoms with Crippen molar-refractivity contribution in [3.8, 4) is 11.5 Å². The van der Waals surface area contributed by atoms with Gasteiger partial charge >= 0.3 is 30.5 Å². The number of halogens is 9. The van der Waals surface area contributed by atoms with E-state index in [0.717, 1.165) is 18.2 Å². The van der Waals surface area contributed by atoms with E-state index < -0.39 is 69.9 Å². The molecule has 2 amide bonds. The molecule has 0 radical (unpaired) electrons. The lowest BCUT2D eigenvalue weighted by molar-refractivity contribution is -0.143. The van der Waals surface area contributed by atoms with Crippen LogP contribution in [0, 0.1) is 0 Å². The third-order valence-electron chi connectivity index (χ3n) is 4.74. The number of carbonyl (C=O) groups excluding carboxylic acids is 1. The molecule has 0 bridgehead atoms. The third kappa shape index (κ3) is 6.86. The summed E-state index contributed by atoms with van der Waals surface area (Å²) in [5, 5.41) is 12.8. The van der Waals surface area contributed by atoms with Crippen LogP contribution in [0.3, 0.4) is 0 Å². The zero-order valence-electron chi connectivity index (χ0n) is 18.3. The van der Waals surface area contributed by atoms with Gasteiger partial charge in [0.1, 0.15) is 11.3 Å². The van der Waals surface area contributed by atoms with Gasteiger partial charge in [-0.1, -0.05) is 12.1 Å². The van der Waals surface area contributed by atoms with E-state index in [2.05, 4.69) is 0 Å². The topological polar surface area (TPSA) is 87.7 Å². The van der Waals surface area contributed by atoms with Crippen LogP contribution in [0.2, 0.25) is 0 Å². The lowest BCUT2D eigenvalue weighted by Gasteiger charge is -2.17. The monoisotopic (exact) mass is 552 g/mol. The molecule has 0 fully saturated rings. The Morgan fingerprint density at radius 3 is 1.74 bits per heavy atom. The number of alkyl halides is 9. The molecular weight excluding hydrogens is 539 g/mol. The van der Waals surface area contributed by atoms with E-state index in [1.165, 1.54) is 12.1 Å². The summed E-state index contributed by atoms with van der Waals surface area (Å²) >= 11 is 0. The van der Waals surface area contributed by atoms with Gasteiger partial charge < -0.3 is 20.5 Å². The molecule has 0 aromatic heterocycles. The molecule has 38 heavy (non-hydrogen) atoms. The Morgan fingerprint density at radius 2 is 1.21 bits per heavy atom. The van der Waals surface area contributed by atoms with Crippen molar-refractivity contribution in [1.82, 2.24) is 0 Å². The van der Waals surface area contributed by atoms with Crippen molar-refractivity contribution in [2.24, 2.45) is 0 Å². The van der Waals surface area contributed by atoms with Crippen LogP contribution in [0.15, 0.2) is 60.7 Å². The van der Waals surface area contributed by atoms with E-state index in [0.29, 0.717) is 12.1 Å². The van der Waals surface area contributed by atoms with Crippen molar-refractivity contribution in [2.45, 2.75) is 18.5 Å². The molecule has 202 valence electrons. The van der Waals surface area contributed by atoms with Gasteiger partial charge in [-0.3, -0.25) is 0 Å². The highest BCUT2D eigenvalue weighted by atomic mass is 19.4. The van der Waals surface area contributed by atoms with Crippen LogP contribution in [-0.2, 0) is 18.5 Å². The van der Waals surface area contributed by atoms with E-state index in [9.17, 15) is 54.2 Å². The van der Waals surface area contributed by atoms with Crippen molar-refractivity contribution in [1.29, 1.82) is 0 Å². The van der Waals surface area contributed by atoms with Crippen LogP contribution in [0.4, 0.5) is 55.7 Å². The average molecular weight is 552 g/mol. The van der Waals surface area contributed by atoms with Crippen LogP contribution in [-0.4, -0.2) is 17.1 Å². The highest BCUT2D eigenvalue weighted by Gasteiger charge is 2.37. The van der Waals surface area contributed by atoms with Gasteiger partial charge in [-0.15, -0.1) is 0 Å². The molecule has 0 aliphatic heterocycles. The van der Waals surface area contributed by atoms with Crippen LogP contribution in [0.5, 0.6) is 11.5 Å². The fourth-order valence-electron chi connectivity index (χ4n) is 3.06. The number of carboxylic acids is 1. The molecule has 0 spiro atoms. The highest BCUT2D eigenvalue weighted by molar-refractivity contribution is 6.01. The standard InChI is InChI=1S/C23H13F9N2O4/c24-21(25,26)11-5-6-18(38-17-4-2-1-3-15(17)19(35)36)16(10-11)34-20(37)33-14-8-12(22(27,28)29)7-13(9-14)23(30,31)32/h1-10H,(H,35,36)(H2,33,34,37). The molecule has 3 aromatic carbocycles. The van der Waals surface area contributed by atoms with Gasteiger partial charge in [0.05, 0.1) is 22.4 Å². The number of hydrogen-bond acceptors (Lipinski definition) is 3. The van der Waals surface area contributed by atoms with Crippen molar-refractivity contribution < 1.29 is 58.9 Å². The summed E-state index contributed by atoms with van der Waals surface area (Å²) in [6.45, 7) is 0. The van der Waals surface area contributed by atoms with Crippen LogP contribution >= 0.6 is 0 Å². The van der Waals surface area contributed by atoms with Gasteiger partial charge in [-0.2, -0.15) is 39.5 Å². The Bertz CT molecular complexity index is 1330. The zero-order valence-corrected chi connectivity index (χ0v) is 18.3. The molecule has 0 saturated heterocycles. The summed E-state index contributed by atoms with van der Waals surface area (Å²) in [6.07, 6.45) is -15.4. The molecule has 0 saturated carbocycles. The van der Waals surface area contributed by atoms with E-state index in [1.54, 1.807) is 5.32 Å². The highest BCUT2D eigenvalue weighted by Crippen LogP contribution is 2.39. The van der Waals surface area contributed by atoms with E-state index in [1.807, 2.05) is 5.32 Å². The number of carboxylic acid groups (broad SMARTS) is 1. The number of aromatic carboxylic acids is 1. The Kier molecular flexibility index (Phi) is 7.51. The molecule has 15 heteroatoms. The fraction of sp³-hybridized carbons (Fsp3) is 0.130. The molecule has 6 nitrogen and oxygen atoms in total. The van der Waals surface area contributed by atoms with Gasteiger partial charge in [0.25, 0.3) is 0 Å². The lowest BCUT2D eigenvalue weighted by atomic mass is 10.1. The number of hydrogen-bond donors (Lipinski definition) is 3. The zero-order chi connectivity index (χ0) is 28.5. The predicted octanol–water partition coefficient (Wildman–Crippen LogP) is 7.88. The van der Waals surface area contributed by atoms with Gasteiger partial charge in [0.15, 0.2) is 5.75 Å². The lowest BCUT2D eigenvalue weighted by Crippen LogP contribution is -2.21. The van der Waals surface area contributed by atoms with Gasteiger partial charge in [-0.25, -0.2) is 9.59 Å². The van der Waals surface area contributed by atoms with E-state index in [-0.39, 0.29) is 23.9 Å². The minimum absolute atomic E-state index is 0.179. The molecule has 0 aliphatic rings. The van der Waals surface area contributed by atoms with Crippen LogP contribution in [0.25, 0.3) is 0 Å². The Morgan fingerprint density at radius 1 is 0.658 bits per heavy atom. The number of amides is 2. The van der Waals surface area contributed by atoms with Crippen molar-refractivity contribution in [3.05, 3.63) is 82.9 Å². The number of urea groups is 1. The van der Waals surface area contributed by atoms with Crippen LogP contribution in [0.1, 0.15) is 27.0 Å². The number of rotatable bonds is 5. The molecule has 3 rings (SSSR count). The first-order valence-corrected chi connectivity index (χ1v) is 10.0. The molecule has 0 unspecified atom stereocenters. The van der Waals surface area contributed by atoms with Gasteiger partial charge in [-0.05, 0) is 48.5 Å². The second-order valence-electron chi connectivity index (χ2n) is 7.49. The summed E-state index contributed by atoms with van der Waals surface area (Å²) in [5.41, 5.74) is -6.86. The number of nitrogens with one attached hydrogen (secondary N) is 2. The average Bonchev–Trinajstić information content (AvgIpc) is 2.78. The van der Waals surface area contributed by atoms with Gasteiger partial charge in [0, 0.05) is 5.69 Å². The van der Waals surface area contributed by atoms with E-state index >= 15 is 0 Å². The number of ether oxygens (including phenoxy) is 1. The molecule has 0 aliphatic carbocycles. The maximum Gasteiger partial charge on any atom is 0.416 e. The molecule has 3 N–H and O–H groups in total. The Labute approximate surface area is 206 Å². The number of anilines is 2. The van der Waals surface area contributed by atoms with E-state index in [4.69, 9.17) is 4.74 Å². The number of para-hydroxylation sites is 1. The third-order valence-corrected chi connectivity index (χ3v) is 4.74. The molecule has 0 atom stereocenters. The molecule has 0 heterocycles. The quantitative estimate of drug-likeness (QED) is 0.281. The predicted molar refractivity (Wildman–Crippen MR) is 114 cm³/mol. The first kappa shape index (κ1) is 28.1. The Balaban J connectivity index is 1.98. The summed E-state index contributed by atoms with van der Waals surface area (Å²) in [5.74, 6) is -2.30. The molecule has 3 aromatic rings. The van der Waals surface area contributed by atoms with Crippen LogP contribution < -0.4 is 15.4 Å². The second kappa shape index (κ2) is 10.1. The fourth-order valence-corrected chi connectivity index (χ4v) is 3.06. The normalized spacial score (nSPS) is 12.1. The largest absolute Gasteiger partial charge is 0.478 e. The minimum Gasteiger partial charge on any atom is -0.478 e. The van der Waals surface area contributed by atoms with Crippen molar-refractivity contribution >= 4 is 23.4 Å². The SMILES string of the molecule is O=C(Nc1cc(C(F)(F)F)cc(C(F)(F)F)c1)Nc1cc(C(F)(F)F)ccc1Oc1ccccc1C(=O)O. The maximum absolute atomic E-state index is 13.2. The second-order valence-corrected chi connectivity index (χ2v) is 7.49. The minimum atomic E-state index is -5.21. The summed E-state index contributed by atoms with van der Waals surface area (Å²) in [4.78, 5) is 23.8. The van der Waals surface area contributed by atoms with Crippen molar-refractivity contribution in [2.75, 3.05) is 10.6 Å². The first-order valence-electron chi connectivity index (χ1n) is 10.0. The number of benzene rings is 3. The summed E-state index contributed by atoms with van der Waals surface area (Å²) < 4.78 is 123. The smallest absolute Gasteiger partial charge is 0.416 e. The maximum atomic E-state index is 13.2. The first-order chi connectivity index (χ1) is 17.4. The Hall–Kier alpha value is -4.43.